The van der Waals surface area contributed by atoms with Gasteiger partial charge in [0.15, 0.2) is 5.11 Å². The van der Waals surface area contributed by atoms with Gasteiger partial charge in [-0.25, -0.2) is 0 Å². The van der Waals surface area contributed by atoms with Crippen molar-refractivity contribution in [3.63, 3.8) is 0 Å². The van der Waals surface area contributed by atoms with E-state index < -0.39 is 0 Å². The molecule has 0 radical (unpaired) electrons. The van der Waals surface area contributed by atoms with Crippen LogP contribution >= 0.6 is 12.2 Å². The number of benzene rings is 2. The SMILES string of the molecule is CCc1ccc(NC(=S)Nc2ccc(CN)cc2)cc1. The van der Waals surface area contributed by atoms with Gasteiger partial charge in [0.2, 0.25) is 0 Å². The summed E-state index contributed by atoms with van der Waals surface area (Å²) in [6.07, 6.45) is 1.04. The van der Waals surface area contributed by atoms with Gasteiger partial charge >= 0.3 is 0 Å². The number of anilines is 2. The van der Waals surface area contributed by atoms with Gasteiger partial charge in [0.1, 0.15) is 0 Å². The molecule has 0 saturated heterocycles. The highest BCUT2D eigenvalue weighted by Crippen LogP contribution is 2.12. The number of thiocarbonyl (C=S) groups is 1. The molecule has 20 heavy (non-hydrogen) atoms. The van der Waals surface area contributed by atoms with Crippen LogP contribution in [0.1, 0.15) is 18.1 Å². The largest absolute Gasteiger partial charge is 0.332 e. The molecule has 4 N–H and O–H groups in total. The van der Waals surface area contributed by atoms with Crippen molar-refractivity contribution >= 4 is 28.7 Å². The van der Waals surface area contributed by atoms with Crippen LogP contribution in [-0.2, 0) is 13.0 Å². The Morgan fingerprint density at radius 2 is 1.35 bits per heavy atom. The highest BCUT2D eigenvalue weighted by atomic mass is 32.1. The second-order valence-electron chi connectivity index (χ2n) is 4.53. The fourth-order valence-electron chi connectivity index (χ4n) is 1.84. The Balaban J connectivity index is 1.93. The first kappa shape index (κ1) is 14.5. The second kappa shape index (κ2) is 7.03. The minimum atomic E-state index is 0.548. The van der Waals surface area contributed by atoms with Crippen LogP contribution in [0.15, 0.2) is 48.5 Å². The van der Waals surface area contributed by atoms with E-state index in [0.29, 0.717) is 11.7 Å². The summed E-state index contributed by atoms with van der Waals surface area (Å²) < 4.78 is 0. The summed E-state index contributed by atoms with van der Waals surface area (Å²) >= 11 is 5.29. The highest BCUT2D eigenvalue weighted by Gasteiger charge is 1.99. The van der Waals surface area contributed by atoms with E-state index in [1.165, 1.54) is 5.56 Å². The van der Waals surface area contributed by atoms with E-state index in [2.05, 4.69) is 29.7 Å². The van der Waals surface area contributed by atoms with Gasteiger partial charge in [-0.05, 0) is 54.0 Å². The first-order valence-corrected chi connectivity index (χ1v) is 7.08. The summed E-state index contributed by atoms with van der Waals surface area (Å²) in [5, 5.41) is 6.89. The van der Waals surface area contributed by atoms with E-state index in [1.54, 1.807) is 0 Å². The number of nitrogens with two attached hydrogens (primary N) is 1. The molecule has 0 heterocycles. The predicted molar refractivity (Wildman–Crippen MR) is 90.0 cm³/mol. The first-order chi connectivity index (χ1) is 9.71. The smallest absolute Gasteiger partial charge is 0.175 e. The van der Waals surface area contributed by atoms with Crippen LogP contribution in [0.25, 0.3) is 0 Å². The average Bonchev–Trinajstić information content (AvgIpc) is 2.49. The Labute approximate surface area is 125 Å². The lowest BCUT2D eigenvalue weighted by Gasteiger charge is -2.11. The van der Waals surface area contributed by atoms with Crippen LogP contribution in [0.3, 0.4) is 0 Å². The molecule has 0 aliphatic heterocycles. The summed E-state index contributed by atoms with van der Waals surface area (Å²) in [4.78, 5) is 0. The molecule has 3 nitrogen and oxygen atoms in total. The second-order valence-corrected chi connectivity index (χ2v) is 4.94. The summed E-state index contributed by atoms with van der Waals surface area (Å²) in [5.74, 6) is 0. The van der Waals surface area contributed by atoms with Crippen molar-refractivity contribution in [1.82, 2.24) is 0 Å². The van der Waals surface area contributed by atoms with Crippen LogP contribution in [0.4, 0.5) is 11.4 Å². The van der Waals surface area contributed by atoms with E-state index in [9.17, 15) is 0 Å². The number of hydrogen-bond acceptors (Lipinski definition) is 2. The third kappa shape index (κ3) is 4.05. The van der Waals surface area contributed by atoms with Gasteiger partial charge in [-0.2, -0.15) is 0 Å². The van der Waals surface area contributed by atoms with Crippen LogP contribution in [0.2, 0.25) is 0 Å². The molecule has 4 heteroatoms. The van der Waals surface area contributed by atoms with Gasteiger partial charge in [0.05, 0.1) is 0 Å². The topological polar surface area (TPSA) is 50.1 Å². The molecule has 104 valence electrons. The number of aryl methyl sites for hydroxylation is 1. The van der Waals surface area contributed by atoms with Gasteiger partial charge < -0.3 is 16.4 Å². The minimum Gasteiger partial charge on any atom is -0.332 e. The van der Waals surface area contributed by atoms with Crippen molar-refractivity contribution in [2.75, 3.05) is 10.6 Å². The summed E-state index contributed by atoms with van der Waals surface area (Å²) in [6, 6.07) is 16.2. The molecular formula is C16H19N3S. The zero-order valence-corrected chi connectivity index (χ0v) is 12.3. The molecule has 0 unspecified atom stereocenters. The van der Waals surface area contributed by atoms with Gasteiger partial charge in [-0.15, -0.1) is 0 Å². The third-order valence-electron chi connectivity index (χ3n) is 3.07. The molecule has 2 rings (SSSR count). The van der Waals surface area contributed by atoms with Crippen molar-refractivity contribution in [2.24, 2.45) is 5.73 Å². The van der Waals surface area contributed by atoms with Crippen molar-refractivity contribution in [2.45, 2.75) is 19.9 Å². The first-order valence-electron chi connectivity index (χ1n) is 6.67. The molecule has 2 aromatic carbocycles. The average molecular weight is 285 g/mol. The summed E-state index contributed by atoms with van der Waals surface area (Å²) in [5.41, 5.74) is 9.92. The highest BCUT2D eigenvalue weighted by molar-refractivity contribution is 7.80. The van der Waals surface area contributed by atoms with E-state index in [0.717, 1.165) is 23.4 Å². The lowest BCUT2D eigenvalue weighted by Crippen LogP contribution is -2.19. The fourth-order valence-corrected chi connectivity index (χ4v) is 2.08. The lowest BCUT2D eigenvalue weighted by molar-refractivity contribution is 1.07. The van der Waals surface area contributed by atoms with Crippen molar-refractivity contribution in [1.29, 1.82) is 0 Å². The maximum absolute atomic E-state index is 5.57. The zero-order chi connectivity index (χ0) is 14.4. The maximum atomic E-state index is 5.57. The number of nitrogens with one attached hydrogen (secondary N) is 2. The lowest BCUT2D eigenvalue weighted by atomic mass is 10.1. The Morgan fingerprint density at radius 1 is 0.900 bits per heavy atom. The van der Waals surface area contributed by atoms with E-state index in [1.807, 2.05) is 36.4 Å². The molecule has 0 amide bonds. The van der Waals surface area contributed by atoms with Gasteiger partial charge in [-0.3, -0.25) is 0 Å². The van der Waals surface area contributed by atoms with Crippen molar-refractivity contribution in [3.05, 3.63) is 59.7 Å². The van der Waals surface area contributed by atoms with Gasteiger partial charge in [0.25, 0.3) is 0 Å². The van der Waals surface area contributed by atoms with E-state index >= 15 is 0 Å². The van der Waals surface area contributed by atoms with Gasteiger partial charge in [0, 0.05) is 17.9 Å². The number of hydrogen-bond donors (Lipinski definition) is 3. The molecule has 0 fully saturated rings. The Hall–Kier alpha value is -1.91. The number of rotatable bonds is 4. The third-order valence-corrected chi connectivity index (χ3v) is 3.27. The zero-order valence-electron chi connectivity index (χ0n) is 11.5. The quantitative estimate of drug-likeness (QED) is 0.752. The Morgan fingerprint density at radius 3 is 1.75 bits per heavy atom. The Kier molecular flexibility index (Phi) is 5.09. The molecule has 0 spiro atoms. The van der Waals surface area contributed by atoms with Crippen molar-refractivity contribution in [3.8, 4) is 0 Å². The molecule has 0 bridgehead atoms. The predicted octanol–water partition coefficient (Wildman–Crippen LogP) is 3.52. The molecule has 0 aromatic heterocycles. The molecule has 2 aromatic rings. The monoisotopic (exact) mass is 285 g/mol. The summed E-state index contributed by atoms with van der Waals surface area (Å²) in [7, 11) is 0. The fraction of sp³-hybridized carbons (Fsp3) is 0.188. The van der Waals surface area contributed by atoms with Crippen molar-refractivity contribution < 1.29 is 0 Å². The van der Waals surface area contributed by atoms with Crippen LogP contribution in [0, 0.1) is 0 Å². The molecule has 0 aliphatic carbocycles. The minimum absolute atomic E-state index is 0.548. The molecular weight excluding hydrogens is 266 g/mol. The maximum Gasteiger partial charge on any atom is 0.175 e. The Bertz CT molecular complexity index is 510. The van der Waals surface area contributed by atoms with Gasteiger partial charge in [-0.1, -0.05) is 31.2 Å². The van der Waals surface area contributed by atoms with Crippen LogP contribution in [0.5, 0.6) is 0 Å². The van der Waals surface area contributed by atoms with E-state index in [-0.39, 0.29) is 0 Å². The molecule has 0 saturated carbocycles. The summed E-state index contributed by atoms with van der Waals surface area (Å²) in [6.45, 7) is 2.69. The molecule has 0 atom stereocenters. The van der Waals surface area contributed by atoms with Crippen LogP contribution in [-0.4, -0.2) is 5.11 Å². The molecule has 0 aliphatic rings. The van der Waals surface area contributed by atoms with E-state index in [4.69, 9.17) is 18.0 Å². The van der Waals surface area contributed by atoms with Crippen LogP contribution < -0.4 is 16.4 Å². The normalized spacial score (nSPS) is 10.1. The standard InChI is InChI=1S/C16H19N3S/c1-2-12-3-7-14(8-4-12)18-16(20)19-15-9-5-13(11-17)6-10-15/h3-10H,2,11,17H2,1H3,(H2,18,19,20).